The molecule has 0 bridgehead atoms. The van der Waals surface area contributed by atoms with Gasteiger partial charge in [0.2, 0.25) is 0 Å². The zero-order valence-corrected chi connectivity index (χ0v) is 7.75. The summed E-state index contributed by atoms with van der Waals surface area (Å²) >= 11 is 0. The van der Waals surface area contributed by atoms with Gasteiger partial charge in [-0.1, -0.05) is 0 Å². The van der Waals surface area contributed by atoms with E-state index in [9.17, 15) is 4.79 Å². The van der Waals surface area contributed by atoms with E-state index in [0.29, 0.717) is 6.42 Å². The van der Waals surface area contributed by atoms with Crippen LogP contribution >= 0.6 is 0 Å². The van der Waals surface area contributed by atoms with Crippen molar-refractivity contribution in [1.82, 2.24) is 0 Å². The fourth-order valence-corrected chi connectivity index (χ4v) is 0.576. The quantitative estimate of drug-likeness (QED) is 0.440. The van der Waals surface area contributed by atoms with Crippen LogP contribution in [0, 0.1) is 6.61 Å². The van der Waals surface area contributed by atoms with E-state index < -0.39 is 6.10 Å². The minimum absolute atomic E-state index is 0. The van der Waals surface area contributed by atoms with Crippen LogP contribution in [0.25, 0.3) is 0 Å². The van der Waals surface area contributed by atoms with E-state index in [-0.39, 0.29) is 45.1 Å². The van der Waals surface area contributed by atoms with Crippen LogP contribution in [0.4, 0.5) is 0 Å². The van der Waals surface area contributed by atoms with Gasteiger partial charge in [-0.15, -0.1) is 6.42 Å². The maximum Gasteiger partial charge on any atom is 0.276 e. The van der Waals surface area contributed by atoms with Crippen LogP contribution < -0.4 is 0 Å². The number of hydrogen-bond donors (Lipinski definition) is 1. The van der Waals surface area contributed by atoms with Gasteiger partial charge in [0.15, 0.2) is 0 Å². The van der Waals surface area contributed by atoms with Gasteiger partial charge in [-0.2, -0.15) is 6.61 Å². The molecular weight excluding hydrogens is 197 g/mol. The summed E-state index contributed by atoms with van der Waals surface area (Å²) in [5.41, 5.74) is 0. The molecule has 1 saturated heterocycles. The Balaban J connectivity index is 0.000000640. The first-order chi connectivity index (χ1) is 3.79. The second-order valence-corrected chi connectivity index (χ2v) is 1.75. The van der Waals surface area contributed by atoms with Crippen molar-refractivity contribution in [3.05, 3.63) is 6.61 Å². The predicted molar refractivity (Wildman–Crippen MR) is 25.6 cm³/mol. The van der Waals surface area contributed by atoms with E-state index in [2.05, 4.69) is 4.74 Å². The molecule has 0 amide bonds. The summed E-state index contributed by atoms with van der Waals surface area (Å²) in [6.07, 6.45) is 0.0821. The van der Waals surface area contributed by atoms with Crippen molar-refractivity contribution < 1.29 is 47.3 Å². The first kappa shape index (κ1) is 9.53. The minimum atomic E-state index is -0.517. The minimum Gasteiger partial charge on any atom is -0.637 e. The number of hydrogen-bond acceptors (Lipinski definition) is 3. The van der Waals surface area contributed by atoms with E-state index >= 15 is 0 Å². The molecule has 1 atom stereocenters. The Labute approximate surface area is 78.6 Å². The van der Waals surface area contributed by atoms with Gasteiger partial charge in [0.25, 0.3) is 5.97 Å². The van der Waals surface area contributed by atoms with Crippen molar-refractivity contribution >= 4 is 5.97 Å². The van der Waals surface area contributed by atoms with Gasteiger partial charge >= 0.3 is 0 Å². The summed E-state index contributed by atoms with van der Waals surface area (Å²) in [5.74, 6) is -0.344. The number of aliphatic hydroxyl groups is 1. The van der Waals surface area contributed by atoms with Crippen LogP contribution in [-0.4, -0.2) is 17.2 Å². The van der Waals surface area contributed by atoms with Crippen molar-refractivity contribution in [2.24, 2.45) is 0 Å². The maximum absolute atomic E-state index is 10.3. The third-order valence-electron chi connectivity index (χ3n) is 0.985. The molecule has 9 heavy (non-hydrogen) atoms. The maximum atomic E-state index is 10.3. The molecule has 1 fully saturated rings. The number of carbonyl (C=O) groups is 1. The van der Waals surface area contributed by atoms with E-state index in [1.807, 2.05) is 0 Å². The molecule has 3 nitrogen and oxygen atoms in total. The summed E-state index contributed by atoms with van der Waals surface area (Å²) in [6.45, 7) is 1.33. The van der Waals surface area contributed by atoms with Crippen molar-refractivity contribution in [1.29, 1.82) is 0 Å². The molecule has 1 aliphatic heterocycles. The van der Waals surface area contributed by atoms with Crippen LogP contribution in [0.1, 0.15) is 12.8 Å². The fourth-order valence-electron chi connectivity index (χ4n) is 0.576. The van der Waals surface area contributed by atoms with Gasteiger partial charge in [0, 0.05) is 38.8 Å². The number of carbonyl (C=O) groups excluding carboxylic acids is 1. The van der Waals surface area contributed by atoms with Gasteiger partial charge in [-0.25, -0.2) is 0 Å². The van der Waals surface area contributed by atoms with Crippen LogP contribution in [0.3, 0.4) is 0 Å². The van der Waals surface area contributed by atoms with Crippen LogP contribution in [0.5, 0.6) is 0 Å². The normalized spacial score (nSPS) is 26.3. The van der Waals surface area contributed by atoms with Crippen LogP contribution in [-0.2, 0) is 42.2 Å². The van der Waals surface area contributed by atoms with Crippen molar-refractivity contribution in [2.75, 3.05) is 0 Å². The molecular formula is C5H7O3Y-. The molecule has 0 aliphatic carbocycles. The van der Waals surface area contributed by atoms with E-state index in [1.54, 1.807) is 0 Å². The Morgan fingerprint density at radius 3 is 2.78 bits per heavy atom. The molecule has 0 aromatic carbocycles. The van der Waals surface area contributed by atoms with Gasteiger partial charge in [-0.05, 0) is 0 Å². The summed E-state index contributed by atoms with van der Waals surface area (Å²) < 4.78 is 4.42. The Morgan fingerprint density at radius 2 is 2.44 bits per heavy atom. The number of esters is 1. The van der Waals surface area contributed by atoms with Crippen LogP contribution in [0.2, 0.25) is 0 Å². The molecule has 1 aliphatic rings. The number of aliphatic hydroxyl groups excluding tert-OH is 1. The van der Waals surface area contributed by atoms with Crippen molar-refractivity contribution in [3.8, 4) is 0 Å². The van der Waals surface area contributed by atoms with Gasteiger partial charge in [0.1, 0.15) is 0 Å². The molecule has 1 heterocycles. The fraction of sp³-hybridized carbons (Fsp3) is 0.600. The average molecular weight is 204 g/mol. The van der Waals surface area contributed by atoms with Gasteiger partial charge in [0.05, 0.1) is 6.42 Å². The Bertz CT molecular complexity index is 104. The molecule has 1 radical (unpaired) electrons. The second kappa shape index (κ2) is 4.37. The van der Waals surface area contributed by atoms with E-state index in [4.69, 9.17) is 5.11 Å². The number of cyclic esters (lactones) is 1. The molecule has 1 N–H and O–H groups in total. The molecule has 1 rings (SSSR count). The largest absolute Gasteiger partial charge is 0.637 e. The molecule has 49 valence electrons. The van der Waals surface area contributed by atoms with Crippen LogP contribution in [0.15, 0.2) is 0 Å². The Morgan fingerprint density at radius 1 is 1.78 bits per heavy atom. The molecule has 0 aromatic rings. The van der Waals surface area contributed by atoms with E-state index in [1.165, 1.54) is 6.61 Å². The third kappa shape index (κ3) is 3.28. The van der Waals surface area contributed by atoms with Gasteiger partial charge < -0.3 is 9.84 Å². The van der Waals surface area contributed by atoms with Crippen molar-refractivity contribution in [2.45, 2.75) is 18.9 Å². The molecule has 0 aromatic heterocycles. The standard InChI is InChI=1S/C5H7O3.Y/c6-4-1-2-8-5(7)3-4;/h2,4,6H,1,3H2;/q-1;. The Kier molecular flexibility index (Phi) is 4.62. The monoisotopic (exact) mass is 204 g/mol. The molecule has 0 saturated carbocycles. The predicted octanol–water partition coefficient (Wildman–Crippen LogP) is -0.156. The summed E-state index contributed by atoms with van der Waals surface area (Å²) in [5, 5.41) is 8.75. The smallest absolute Gasteiger partial charge is 0.276 e. The van der Waals surface area contributed by atoms with Gasteiger partial charge in [-0.3, -0.25) is 4.79 Å². The second-order valence-electron chi connectivity index (χ2n) is 1.75. The first-order valence-corrected chi connectivity index (χ1v) is 2.48. The average Bonchev–Trinajstić information content (AvgIpc) is 1.64. The zero-order chi connectivity index (χ0) is 5.98. The molecule has 1 unspecified atom stereocenters. The Hall–Kier alpha value is 0.534. The number of ether oxygens (including phenoxy) is 1. The summed E-state index contributed by atoms with van der Waals surface area (Å²) in [7, 11) is 0. The van der Waals surface area contributed by atoms with E-state index in [0.717, 1.165) is 0 Å². The first-order valence-electron chi connectivity index (χ1n) is 2.48. The third-order valence-corrected chi connectivity index (χ3v) is 0.985. The summed E-state index contributed by atoms with van der Waals surface area (Å²) in [6, 6.07) is 0. The van der Waals surface area contributed by atoms with Crippen molar-refractivity contribution in [3.63, 3.8) is 0 Å². The number of rotatable bonds is 0. The topological polar surface area (TPSA) is 46.5 Å². The zero-order valence-electron chi connectivity index (χ0n) is 4.91. The summed E-state index contributed by atoms with van der Waals surface area (Å²) in [4.78, 5) is 10.3. The molecule has 0 spiro atoms. The molecule has 4 heteroatoms. The SMILES string of the molecule is O=C1CC(O)C[CH-]O1.[Y].